The third kappa shape index (κ3) is 3.94. The molecule has 0 N–H and O–H groups in total. The molecule has 0 aliphatic carbocycles. The van der Waals surface area contributed by atoms with Crippen molar-refractivity contribution in [2.45, 2.75) is 0 Å². The quantitative estimate of drug-likeness (QED) is 0.106. The summed E-state index contributed by atoms with van der Waals surface area (Å²) in [6.07, 6.45) is 0. The van der Waals surface area contributed by atoms with Crippen LogP contribution in [0.15, 0.2) is 158 Å². The third-order valence-corrected chi connectivity index (χ3v) is 11.3. The van der Waals surface area contributed by atoms with Gasteiger partial charge in [0.05, 0.1) is 22.1 Å². The summed E-state index contributed by atoms with van der Waals surface area (Å²) in [7, 11) is 0. The number of nitrogens with zero attached hydrogens (tertiary/aromatic N) is 2. The molecule has 0 aromatic heterocycles. The second-order valence-electron chi connectivity index (χ2n) is 13.8. The highest BCUT2D eigenvalue weighted by Gasteiger charge is 2.27. The topological polar surface area (TPSA) is 66.9 Å². The van der Waals surface area contributed by atoms with Crippen molar-refractivity contribution in [1.29, 1.82) is 5.26 Å². The van der Waals surface area contributed by atoms with Crippen LogP contribution in [0.3, 0.4) is 0 Å². The molecule has 11 aromatic rings. The number of nitro groups is 1. The van der Waals surface area contributed by atoms with Gasteiger partial charge in [-0.1, -0.05) is 133 Å². The molecule has 0 heterocycles. The largest absolute Gasteiger partial charge is 0.278 e. The van der Waals surface area contributed by atoms with Gasteiger partial charge in [0.2, 0.25) is 0 Å². The number of nitro benzene ring substituents is 1. The van der Waals surface area contributed by atoms with Gasteiger partial charge in [0.15, 0.2) is 0 Å². The van der Waals surface area contributed by atoms with Gasteiger partial charge in [0, 0.05) is 6.07 Å². The average molecular weight is 675 g/mol. The molecular formula is C49H26N2O2. The molecule has 0 saturated carbocycles. The number of hydrogen-bond acceptors (Lipinski definition) is 3. The molecule has 4 heteroatoms. The number of rotatable bonds is 4. The van der Waals surface area contributed by atoms with Gasteiger partial charge in [-0.05, 0) is 121 Å². The number of fused-ring (bicyclic) bond motifs is 8. The zero-order valence-corrected chi connectivity index (χ0v) is 28.2. The monoisotopic (exact) mass is 674 g/mol. The van der Waals surface area contributed by atoms with Crippen LogP contribution in [0.5, 0.6) is 0 Å². The fraction of sp³-hybridized carbons (Fsp3) is 0. The van der Waals surface area contributed by atoms with Crippen molar-refractivity contribution in [2.75, 3.05) is 0 Å². The summed E-state index contributed by atoms with van der Waals surface area (Å²) >= 11 is 0. The highest BCUT2D eigenvalue weighted by Crippen LogP contribution is 2.55. The van der Waals surface area contributed by atoms with Gasteiger partial charge >= 0.3 is 0 Å². The molecule has 4 nitrogen and oxygen atoms in total. The van der Waals surface area contributed by atoms with Crippen molar-refractivity contribution in [1.82, 2.24) is 0 Å². The molecule has 0 saturated heterocycles. The smallest absolute Gasteiger partial charge is 0.258 e. The van der Waals surface area contributed by atoms with E-state index in [0.29, 0.717) is 5.56 Å². The highest BCUT2D eigenvalue weighted by atomic mass is 16.6. The molecule has 244 valence electrons. The molecule has 0 radical (unpaired) electrons. The van der Waals surface area contributed by atoms with E-state index in [2.05, 4.69) is 140 Å². The minimum absolute atomic E-state index is 0.0782. The minimum Gasteiger partial charge on any atom is -0.258 e. The van der Waals surface area contributed by atoms with E-state index < -0.39 is 0 Å². The summed E-state index contributed by atoms with van der Waals surface area (Å²) in [4.78, 5) is 12.0. The van der Waals surface area contributed by atoms with E-state index in [1.807, 2.05) is 6.07 Å². The summed E-state index contributed by atoms with van der Waals surface area (Å²) in [6.45, 7) is 0. The Hall–Kier alpha value is -7.35. The molecule has 0 amide bonds. The van der Waals surface area contributed by atoms with Crippen LogP contribution in [0, 0.1) is 21.4 Å². The Kier molecular flexibility index (Phi) is 6.00. The molecular weight excluding hydrogens is 649 g/mol. The molecule has 0 aliphatic heterocycles. The van der Waals surface area contributed by atoms with E-state index in [9.17, 15) is 15.4 Å². The molecule has 11 aromatic carbocycles. The van der Waals surface area contributed by atoms with Crippen LogP contribution in [-0.2, 0) is 0 Å². The van der Waals surface area contributed by atoms with E-state index in [1.165, 1.54) is 71.1 Å². The molecule has 11 rings (SSSR count). The standard InChI is InChI=1S/C49H26N2O2/c50-27-28-21-22-34(42(25-28)51(52)53)33-23-24-39-45-36(33)18-10-20-38(45)48-43(29-11-3-1-4-12-29)41-26-40-32-16-8-7-15-31(32)35-17-9-19-37(46(35)40)47(41)44(49(39)48)30-13-5-2-6-14-30/h1-26H. The first-order valence-electron chi connectivity index (χ1n) is 17.7. The first-order valence-corrected chi connectivity index (χ1v) is 17.7. The predicted molar refractivity (Wildman–Crippen MR) is 219 cm³/mol. The third-order valence-electron chi connectivity index (χ3n) is 11.3. The highest BCUT2D eigenvalue weighted by molar-refractivity contribution is 6.45. The first-order chi connectivity index (χ1) is 26.1. The lowest BCUT2D eigenvalue weighted by molar-refractivity contribution is -0.384. The normalized spacial score (nSPS) is 11.9. The summed E-state index contributed by atoms with van der Waals surface area (Å²) in [5, 5.41) is 38.5. The second-order valence-corrected chi connectivity index (χ2v) is 13.8. The zero-order valence-electron chi connectivity index (χ0n) is 28.2. The van der Waals surface area contributed by atoms with Crippen LogP contribution < -0.4 is 0 Å². The predicted octanol–water partition coefficient (Wildman–Crippen LogP) is 13.4. The number of hydrogen-bond donors (Lipinski definition) is 0. The van der Waals surface area contributed by atoms with Crippen molar-refractivity contribution >= 4 is 81.1 Å². The van der Waals surface area contributed by atoms with Gasteiger partial charge in [-0.2, -0.15) is 5.26 Å². The van der Waals surface area contributed by atoms with E-state index in [4.69, 9.17) is 0 Å². The van der Waals surface area contributed by atoms with Gasteiger partial charge in [-0.3, -0.25) is 10.1 Å². The first kappa shape index (κ1) is 29.4. The van der Waals surface area contributed by atoms with Crippen molar-refractivity contribution in [3.63, 3.8) is 0 Å². The van der Waals surface area contributed by atoms with Crippen LogP contribution in [0.1, 0.15) is 5.56 Å². The lowest BCUT2D eigenvalue weighted by atomic mass is 9.84. The Balaban J connectivity index is 1.42. The minimum atomic E-state index is -0.388. The Bertz CT molecular complexity index is 3360. The van der Waals surface area contributed by atoms with Crippen LogP contribution in [0.4, 0.5) is 5.69 Å². The average Bonchev–Trinajstić information content (AvgIpc) is 3.72. The van der Waals surface area contributed by atoms with Crippen LogP contribution in [0.2, 0.25) is 0 Å². The maximum absolute atomic E-state index is 12.4. The molecule has 0 bridgehead atoms. The van der Waals surface area contributed by atoms with Crippen LogP contribution in [0.25, 0.3) is 109 Å². The van der Waals surface area contributed by atoms with Crippen LogP contribution >= 0.6 is 0 Å². The Morgan fingerprint density at radius 1 is 0.415 bits per heavy atom. The Morgan fingerprint density at radius 2 is 0.943 bits per heavy atom. The fourth-order valence-electron chi connectivity index (χ4n) is 9.23. The zero-order chi connectivity index (χ0) is 35.4. The van der Waals surface area contributed by atoms with Crippen molar-refractivity contribution in [3.8, 4) is 39.4 Å². The van der Waals surface area contributed by atoms with Gasteiger partial charge in [-0.25, -0.2) is 0 Å². The molecule has 0 atom stereocenters. The Labute approximate surface area is 303 Å². The van der Waals surface area contributed by atoms with Gasteiger partial charge in [0.1, 0.15) is 0 Å². The molecule has 0 fully saturated rings. The second kappa shape index (κ2) is 10.8. The Morgan fingerprint density at radius 3 is 1.64 bits per heavy atom. The molecule has 0 aliphatic rings. The van der Waals surface area contributed by atoms with Crippen molar-refractivity contribution in [3.05, 3.63) is 173 Å². The fourth-order valence-corrected chi connectivity index (χ4v) is 9.23. The van der Waals surface area contributed by atoms with Crippen molar-refractivity contribution in [2.24, 2.45) is 0 Å². The van der Waals surface area contributed by atoms with Crippen molar-refractivity contribution < 1.29 is 4.92 Å². The summed E-state index contributed by atoms with van der Waals surface area (Å²) in [5.74, 6) is 0. The van der Waals surface area contributed by atoms with Crippen LogP contribution in [-0.4, -0.2) is 4.92 Å². The molecule has 0 unspecified atom stereocenters. The SMILES string of the molecule is N#Cc1ccc(-c2ccc3c4c(-c5ccccc5)c5c(cc6c7ccccc7c7cccc5c76)c(-c5ccccc5)c4c4cccc2c43)c([N+](=O)[O-])c1. The maximum atomic E-state index is 12.4. The lowest BCUT2D eigenvalue weighted by Crippen LogP contribution is -1.94. The lowest BCUT2D eigenvalue weighted by Gasteiger charge is -2.19. The molecule has 0 spiro atoms. The van der Waals surface area contributed by atoms with Gasteiger partial charge in [-0.15, -0.1) is 0 Å². The summed E-state index contributed by atoms with van der Waals surface area (Å²) in [6, 6.07) is 56.6. The summed E-state index contributed by atoms with van der Waals surface area (Å²) < 4.78 is 0. The van der Waals surface area contributed by atoms with Gasteiger partial charge in [0.25, 0.3) is 5.69 Å². The van der Waals surface area contributed by atoms with E-state index >= 15 is 0 Å². The number of benzene rings is 9. The maximum Gasteiger partial charge on any atom is 0.278 e. The summed E-state index contributed by atoms with van der Waals surface area (Å²) in [5.41, 5.74) is 6.08. The van der Waals surface area contributed by atoms with E-state index in [1.54, 1.807) is 12.1 Å². The van der Waals surface area contributed by atoms with E-state index in [0.717, 1.165) is 38.2 Å². The van der Waals surface area contributed by atoms with Gasteiger partial charge < -0.3 is 0 Å². The van der Waals surface area contributed by atoms with E-state index in [-0.39, 0.29) is 16.2 Å². The number of nitriles is 1. The molecule has 53 heavy (non-hydrogen) atoms.